The number of hydrogen-bond donors (Lipinski definition) is 2. The summed E-state index contributed by atoms with van der Waals surface area (Å²) in [6.45, 7) is 1.77. The van der Waals surface area contributed by atoms with Gasteiger partial charge in [-0.3, -0.25) is 9.59 Å². The molecule has 31 heavy (non-hydrogen) atoms. The van der Waals surface area contributed by atoms with Crippen molar-refractivity contribution in [1.82, 2.24) is 5.16 Å². The predicted molar refractivity (Wildman–Crippen MR) is 124 cm³/mol. The van der Waals surface area contributed by atoms with Crippen molar-refractivity contribution < 1.29 is 14.1 Å². The van der Waals surface area contributed by atoms with Crippen molar-refractivity contribution in [3.05, 3.63) is 94.4 Å². The Hall–Kier alpha value is -3.36. The molecule has 2 heterocycles. The van der Waals surface area contributed by atoms with Crippen LogP contribution in [0, 0.1) is 6.92 Å². The van der Waals surface area contributed by atoms with Crippen LogP contribution in [0.1, 0.15) is 26.2 Å². The highest BCUT2D eigenvalue weighted by atomic mass is 32.2. The number of carbonyl (C=O) groups excluding carboxylic acids is 2. The highest BCUT2D eigenvalue weighted by Crippen LogP contribution is 2.37. The highest BCUT2D eigenvalue weighted by molar-refractivity contribution is 8.00. The number of thioether (sulfide) groups is 1. The Morgan fingerprint density at radius 3 is 2.55 bits per heavy atom. The van der Waals surface area contributed by atoms with E-state index in [4.69, 9.17) is 4.52 Å². The summed E-state index contributed by atoms with van der Waals surface area (Å²) in [5, 5.41) is 10.9. The summed E-state index contributed by atoms with van der Waals surface area (Å²) >= 11 is 2.78. The molecule has 4 aromatic rings. The van der Waals surface area contributed by atoms with Gasteiger partial charge in [-0.25, -0.2) is 0 Å². The summed E-state index contributed by atoms with van der Waals surface area (Å²) in [6, 6.07) is 22.3. The van der Waals surface area contributed by atoms with Crippen molar-refractivity contribution in [2.75, 3.05) is 10.6 Å². The van der Waals surface area contributed by atoms with Gasteiger partial charge in [0.2, 0.25) is 5.91 Å². The molecule has 8 heteroatoms. The van der Waals surface area contributed by atoms with Crippen LogP contribution in [0.25, 0.3) is 0 Å². The molecule has 2 aromatic carbocycles. The fraction of sp³-hybridized carbons (Fsp3) is 0.0870. The molecule has 1 atom stereocenters. The Kier molecular flexibility index (Phi) is 6.49. The van der Waals surface area contributed by atoms with E-state index in [1.165, 1.54) is 23.1 Å². The minimum Gasteiger partial charge on any atom is -0.360 e. The number of thiophene rings is 1. The maximum Gasteiger partial charge on any atom is 0.265 e. The van der Waals surface area contributed by atoms with Crippen LogP contribution in [0.15, 0.2) is 87.6 Å². The maximum atomic E-state index is 13.1. The van der Waals surface area contributed by atoms with E-state index in [1.807, 2.05) is 66.0 Å². The van der Waals surface area contributed by atoms with Crippen LogP contribution in [0.4, 0.5) is 11.5 Å². The third-order valence-electron chi connectivity index (χ3n) is 4.31. The van der Waals surface area contributed by atoms with Crippen LogP contribution in [0.5, 0.6) is 0 Å². The molecule has 4 rings (SSSR count). The first-order valence-electron chi connectivity index (χ1n) is 9.49. The molecule has 2 amide bonds. The monoisotopic (exact) mass is 449 g/mol. The topological polar surface area (TPSA) is 84.2 Å². The minimum atomic E-state index is -0.513. The first-order valence-corrected chi connectivity index (χ1v) is 11.2. The number of amides is 2. The van der Waals surface area contributed by atoms with Crippen LogP contribution in [0.2, 0.25) is 0 Å². The van der Waals surface area contributed by atoms with Gasteiger partial charge < -0.3 is 15.2 Å². The quantitative estimate of drug-likeness (QED) is 0.350. The number of nitrogens with one attached hydrogen (secondary N) is 2. The Bertz CT molecular complexity index is 1170. The summed E-state index contributed by atoms with van der Waals surface area (Å²) in [5.41, 5.74) is 1.53. The number of aromatic nitrogens is 1. The van der Waals surface area contributed by atoms with Crippen molar-refractivity contribution in [3.63, 3.8) is 0 Å². The zero-order valence-electron chi connectivity index (χ0n) is 16.6. The highest BCUT2D eigenvalue weighted by Gasteiger charge is 2.23. The van der Waals surface area contributed by atoms with Gasteiger partial charge >= 0.3 is 0 Å². The number of rotatable bonds is 7. The smallest absolute Gasteiger partial charge is 0.265 e. The van der Waals surface area contributed by atoms with E-state index in [9.17, 15) is 9.59 Å². The molecule has 0 spiro atoms. The fourth-order valence-corrected chi connectivity index (χ4v) is 4.60. The van der Waals surface area contributed by atoms with E-state index in [1.54, 1.807) is 19.1 Å². The molecule has 0 bridgehead atoms. The number of aryl methyl sites for hydroxylation is 1. The lowest BCUT2D eigenvalue weighted by Crippen LogP contribution is -2.19. The second-order valence-corrected chi connectivity index (χ2v) is 8.81. The summed E-state index contributed by atoms with van der Waals surface area (Å²) in [4.78, 5) is 26.9. The van der Waals surface area contributed by atoms with E-state index in [0.717, 1.165) is 10.5 Å². The van der Waals surface area contributed by atoms with Gasteiger partial charge in [0.1, 0.15) is 11.0 Å². The Morgan fingerprint density at radius 1 is 1.00 bits per heavy atom. The molecule has 0 aliphatic rings. The number of hydrogen-bond acceptors (Lipinski definition) is 6. The van der Waals surface area contributed by atoms with E-state index < -0.39 is 5.25 Å². The van der Waals surface area contributed by atoms with E-state index >= 15 is 0 Å². The molecule has 6 nitrogen and oxygen atoms in total. The summed E-state index contributed by atoms with van der Waals surface area (Å²) in [5.74, 6) is 0.628. The van der Waals surface area contributed by atoms with Crippen molar-refractivity contribution in [2.45, 2.75) is 17.1 Å². The molecule has 1 unspecified atom stereocenters. The van der Waals surface area contributed by atoms with Crippen LogP contribution >= 0.6 is 23.1 Å². The molecule has 0 fully saturated rings. The zero-order valence-corrected chi connectivity index (χ0v) is 18.2. The average molecular weight is 450 g/mol. The molecule has 2 N–H and O–H groups in total. The summed E-state index contributed by atoms with van der Waals surface area (Å²) in [6.07, 6.45) is 0. The summed E-state index contributed by atoms with van der Waals surface area (Å²) in [7, 11) is 0. The third kappa shape index (κ3) is 5.42. The second kappa shape index (κ2) is 9.63. The molecule has 0 aliphatic heterocycles. The first-order chi connectivity index (χ1) is 15.1. The van der Waals surface area contributed by atoms with Gasteiger partial charge in [0.05, 0.1) is 4.88 Å². The van der Waals surface area contributed by atoms with Gasteiger partial charge in [-0.1, -0.05) is 47.6 Å². The molecule has 156 valence electrons. The fourth-order valence-electron chi connectivity index (χ4n) is 2.90. The maximum absolute atomic E-state index is 13.1. The van der Waals surface area contributed by atoms with E-state index in [0.29, 0.717) is 22.1 Å². The number of benzene rings is 2. The van der Waals surface area contributed by atoms with Gasteiger partial charge in [0.15, 0.2) is 5.82 Å². The van der Waals surface area contributed by atoms with Crippen LogP contribution in [-0.4, -0.2) is 17.0 Å². The predicted octanol–water partition coefficient (Wildman–Crippen LogP) is 5.77. The van der Waals surface area contributed by atoms with Crippen molar-refractivity contribution in [2.24, 2.45) is 0 Å². The molecular formula is C23H19N3O3S2. The van der Waals surface area contributed by atoms with Crippen LogP contribution in [-0.2, 0) is 4.79 Å². The Balaban J connectivity index is 1.54. The zero-order chi connectivity index (χ0) is 21.6. The standard InChI is InChI=1S/C23H19N3O3S2/c1-15-13-20(26-29-15)25-23(28)21(16-7-3-2-4-8-16)31-18-10-5-9-17(14-18)24-22(27)19-11-6-12-30-19/h2-14,21H,1H3,(H,24,27)(H,25,26,28). The molecular weight excluding hydrogens is 430 g/mol. The molecule has 2 aromatic heterocycles. The third-order valence-corrected chi connectivity index (χ3v) is 6.43. The largest absolute Gasteiger partial charge is 0.360 e. The number of carbonyl (C=O) groups is 2. The normalized spacial score (nSPS) is 11.6. The SMILES string of the molecule is Cc1cc(NC(=O)C(Sc2cccc(NC(=O)c3cccs3)c2)c2ccccc2)no1. The van der Waals surface area contributed by atoms with Gasteiger partial charge in [0, 0.05) is 16.6 Å². The van der Waals surface area contributed by atoms with Gasteiger partial charge in [-0.05, 0) is 42.1 Å². The van der Waals surface area contributed by atoms with Crippen molar-refractivity contribution >= 4 is 46.4 Å². The van der Waals surface area contributed by atoms with Crippen LogP contribution in [0.3, 0.4) is 0 Å². The number of anilines is 2. The van der Waals surface area contributed by atoms with E-state index in [-0.39, 0.29) is 11.8 Å². The van der Waals surface area contributed by atoms with E-state index in [2.05, 4.69) is 15.8 Å². The van der Waals surface area contributed by atoms with Crippen molar-refractivity contribution in [3.8, 4) is 0 Å². The number of nitrogens with zero attached hydrogens (tertiary/aromatic N) is 1. The van der Waals surface area contributed by atoms with Gasteiger partial charge in [-0.2, -0.15) is 0 Å². The minimum absolute atomic E-state index is 0.157. The Labute approximate surface area is 187 Å². The van der Waals surface area contributed by atoms with Gasteiger partial charge in [0.25, 0.3) is 5.91 Å². The lowest BCUT2D eigenvalue weighted by Gasteiger charge is -2.16. The second-order valence-electron chi connectivity index (χ2n) is 6.68. The lowest BCUT2D eigenvalue weighted by molar-refractivity contribution is -0.115. The van der Waals surface area contributed by atoms with Crippen molar-refractivity contribution in [1.29, 1.82) is 0 Å². The summed E-state index contributed by atoms with van der Waals surface area (Å²) < 4.78 is 5.04. The lowest BCUT2D eigenvalue weighted by atomic mass is 10.1. The van der Waals surface area contributed by atoms with Gasteiger partial charge in [-0.15, -0.1) is 23.1 Å². The first kappa shape index (κ1) is 20.9. The van der Waals surface area contributed by atoms with Crippen LogP contribution < -0.4 is 10.6 Å². The molecule has 0 radical (unpaired) electrons. The molecule has 0 aliphatic carbocycles. The Morgan fingerprint density at radius 2 is 1.84 bits per heavy atom. The molecule has 0 saturated heterocycles. The average Bonchev–Trinajstić information content (AvgIpc) is 3.45. The molecule has 0 saturated carbocycles.